The fourth-order valence-corrected chi connectivity index (χ4v) is 0.273. The molecule has 2 unspecified atom stereocenters. The fraction of sp³-hybridized carbons (Fsp3) is 1.00. The number of alkyl halides is 4. The molecule has 0 aromatic heterocycles. The predicted molar refractivity (Wildman–Crippen MR) is 30.5 cm³/mol. The van der Waals surface area contributed by atoms with Crippen LogP contribution in [-0.4, -0.2) is 22.2 Å². The topological polar surface area (TPSA) is 20.2 Å². The summed E-state index contributed by atoms with van der Waals surface area (Å²) in [6.07, 6.45) is -5.75. The summed E-state index contributed by atoms with van der Waals surface area (Å²) >= 11 is 2.29. The van der Waals surface area contributed by atoms with Gasteiger partial charge in [-0.1, -0.05) is 15.9 Å². The molecule has 9 heavy (non-hydrogen) atoms. The van der Waals surface area contributed by atoms with Gasteiger partial charge in [-0.3, -0.25) is 0 Å². The van der Waals surface area contributed by atoms with Crippen molar-refractivity contribution in [3.63, 3.8) is 0 Å². The van der Waals surface area contributed by atoms with E-state index in [-0.39, 0.29) is 0 Å². The van der Waals surface area contributed by atoms with Gasteiger partial charge in [-0.2, -0.15) is 13.2 Å². The summed E-state index contributed by atoms with van der Waals surface area (Å²) < 4.78 is 34.5. The van der Waals surface area contributed by atoms with Gasteiger partial charge in [-0.05, 0) is 6.92 Å². The lowest BCUT2D eigenvalue weighted by molar-refractivity contribution is -0.142. The van der Waals surface area contributed by atoms with Crippen molar-refractivity contribution in [2.24, 2.45) is 0 Å². The van der Waals surface area contributed by atoms with Crippen molar-refractivity contribution < 1.29 is 18.3 Å². The van der Waals surface area contributed by atoms with Crippen LogP contribution >= 0.6 is 15.9 Å². The van der Waals surface area contributed by atoms with E-state index < -0.39 is 17.1 Å². The molecule has 2 atom stereocenters. The van der Waals surface area contributed by atoms with Crippen LogP contribution in [0.4, 0.5) is 13.2 Å². The maximum absolute atomic E-state index is 11.5. The first-order valence-corrected chi connectivity index (χ1v) is 3.16. The molecule has 5 heteroatoms. The van der Waals surface area contributed by atoms with Crippen LogP contribution in [0.5, 0.6) is 0 Å². The summed E-state index contributed by atoms with van der Waals surface area (Å²) in [7, 11) is 0. The van der Waals surface area contributed by atoms with Gasteiger partial charge < -0.3 is 5.11 Å². The van der Waals surface area contributed by atoms with Gasteiger partial charge in [0.1, 0.15) is 4.83 Å². The molecule has 0 heterocycles. The Morgan fingerprint density at radius 2 is 1.78 bits per heavy atom. The van der Waals surface area contributed by atoms with Crippen molar-refractivity contribution in [1.82, 2.24) is 0 Å². The third kappa shape index (κ3) is 3.05. The number of rotatable bonds is 1. The average molecular weight is 207 g/mol. The lowest BCUT2D eigenvalue weighted by atomic mass is 10.3. The molecule has 0 saturated carbocycles. The van der Waals surface area contributed by atoms with E-state index >= 15 is 0 Å². The quantitative estimate of drug-likeness (QED) is 0.648. The third-order valence-electron chi connectivity index (χ3n) is 0.736. The maximum atomic E-state index is 11.5. The molecule has 0 amide bonds. The molecular weight excluding hydrogens is 201 g/mol. The van der Waals surface area contributed by atoms with Gasteiger partial charge in [0, 0.05) is 0 Å². The Hall–Kier alpha value is 0.230. The van der Waals surface area contributed by atoms with Gasteiger partial charge in [-0.15, -0.1) is 0 Å². The average Bonchev–Trinajstić information content (AvgIpc) is 1.62. The van der Waals surface area contributed by atoms with E-state index in [1.54, 1.807) is 0 Å². The summed E-state index contributed by atoms with van der Waals surface area (Å²) in [6, 6.07) is 0. The summed E-state index contributed by atoms with van der Waals surface area (Å²) in [4.78, 5) is -1.81. The molecule has 0 aromatic rings. The molecule has 0 saturated heterocycles. The normalized spacial score (nSPS) is 19.3. The summed E-state index contributed by atoms with van der Waals surface area (Å²) in [5, 5.41) is 8.39. The second-order valence-corrected chi connectivity index (χ2v) is 2.67. The highest BCUT2D eigenvalue weighted by Gasteiger charge is 2.40. The van der Waals surface area contributed by atoms with Crippen molar-refractivity contribution in [1.29, 1.82) is 0 Å². The molecule has 0 aliphatic heterocycles. The highest BCUT2D eigenvalue weighted by atomic mass is 79.9. The van der Waals surface area contributed by atoms with Crippen LogP contribution in [0.25, 0.3) is 0 Å². The smallest absolute Gasteiger partial charge is 0.392 e. The molecule has 0 bridgehead atoms. The van der Waals surface area contributed by atoms with Crippen molar-refractivity contribution in [3.05, 3.63) is 0 Å². The fourth-order valence-electron chi connectivity index (χ4n) is 0.273. The van der Waals surface area contributed by atoms with E-state index in [2.05, 4.69) is 15.9 Å². The molecule has 0 spiro atoms. The van der Waals surface area contributed by atoms with Crippen molar-refractivity contribution in [2.75, 3.05) is 0 Å². The molecule has 0 fully saturated rings. The Bertz CT molecular complexity index is 90.3. The van der Waals surface area contributed by atoms with E-state index in [9.17, 15) is 13.2 Å². The summed E-state index contributed by atoms with van der Waals surface area (Å²) in [5.41, 5.74) is 0. The van der Waals surface area contributed by atoms with Gasteiger partial charge >= 0.3 is 6.18 Å². The van der Waals surface area contributed by atoms with E-state index in [0.29, 0.717) is 0 Å². The Kier molecular flexibility index (Phi) is 2.95. The lowest BCUT2D eigenvalue weighted by Crippen LogP contribution is -2.32. The number of hydrogen-bond donors (Lipinski definition) is 1. The van der Waals surface area contributed by atoms with Crippen LogP contribution in [-0.2, 0) is 0 Å². The molecule has 56 valence electrons. The lowest BCUT2D eigenvalue weighted by Gasteiger charge is -2.15. The highest BCUT2D eigenvalue weighted by Crippen LogP contribution is 2.28. The summed E-state index contributed by atoms with van der Waals surface area (Å²) in [6.45, 7) is 1.08. The number of halogens is 4. The van der Waals surface area contributed by atoms with E-state index in [1.165, 1.54) is 0 Å². The van der Waals surface area contributed by atoms with Gasteiger partial charge in [0.25, 0.3) is 0 Å². The van der Waals surface area contributed by atoms with Crippen molar-refractivity contribution >= 4 is 15.9 Å². The Morgan fingerprint density at radius 1 is 1.44 bits per heavy atom. The zero-order chi connectivity index (χ0) is 7.65. The zero-order valence-electron chi connectivity index (χ0n) is 4.61. The molecule has 0 aromatic carbocycles. The monoisotopic (exact) mass is 206 g/mol. The number of hydrogen-bond acceptors (Lipinski definition) is 1. The SMILES string of the molecule is CC(O)C(Br)C(F)(F)F. The minimum absolute atomic E-state index is 1.08. The first kappa shape index (κ1) is 9.23. The van der Waals surface area contributed by atoms with Gasteiger partial charge in [-0.25, -0.2) is 0 Å². The van der Waals surface area contributed by atoms with Gasteiger partial charge in [0.05, 0.1) is 6.10 Å². The van der Waals surface area contributed by atoms with E-state index in [4.69, 9.17) is 5.11 Å². The minimum atomic E-state index is -4.35. The van der Waals surface area contributed by atoms with Crippen molar-refractivity contribution in [2.45, 2.75) is 24.0 Å². The molecule has 0 rings (SSSR count). The predicted octanol–water partition coefficient (Wildman–Crippen LogP) is 1.69. The number of aliphatic hydroxyl groups is 1. The van der Waals surface area contributed by atoms with Crippen LogP contribution in [0.3, 0.4) is 0 Å². The molecule has 1 nitrogen and oxygen atoms in total. The van der Waals surface area contributed by atoms with Crippen LogP contribution in [0.2, 0.25) is 0 Å². The van der Waals surface area contributed by atoms with Crippen molar-refractivity contribution in [3.8, 4) is 0 Å². The molecule has 1 N–H and O–H groups in total. The first-order chi connectivity index (χ1) is 3.85. The second-order valence-electron chi connectivity index (χ2n) is 1.68. The van der Waals surface area contributed by atoms with E-state index in [1.807, 2.05) is 0 Å². The summed E-state index contributed by atoms with van der Waals surface area (Å²) in [5.74, 6) is 0. The standard InChI is InChI=1S/C4H6BrF3O/c1-2(9)3(5)4(6,7)8/h2-3,9H,1H3. The Balaban J connectivity index is 3.88. The van der Waals surface area contributed by atoms with Gasteiger partial charge in [0.15, 0.2) is 0 Å². The van der Waals surface area contributed by atoms with E-state index in [0.717, 1.165) is 6.92 Å². The third-order valence-corrected chi connectivity index (χ3v) is 2.02. The molecule has 0 aliphatic carbocycles. The molecule has 0 radical (unpaired) electrons. The highest BCUT2D eigenvalue weighted by molar-refractivity contribution is 9.09. The maximum Gasteiger partial charge on any atom is 0.403 e. The molecular formula is C4H6BrF3O. The largest absolute Gasteiger partial charge is 0.403 e. The second kappa shape index (κ2) is 2.88. The van der Waals surface area contributed by atoms with Crippen LogP contribution in [0, 0.1) is 0 Å². The van der Waals surface area contributed by atoms with Crippen LogP contribution in [0.15, 0.2) is 0 Å². The van der Waals surface area contributed by atoms with Crippen LogP contribution in [0.1, 0.15) is 6.92 Å². The Morgan fingerprint density at radius 3 is 1.78 bits per heavy atom. The molecule has 0 aliphatic rings. The first-order valence-electron chi connectivity index (χ1n) is 2.24. The Labute approximate surface area is 59.0 Å². The van der Waals surface area contributed by atoms with Crippen LogP contribution < -0.4 is 0 Å². The number of aliphatic hydroxyl groups excluding tert-OH is 1. The minimum Gasteiger partial charge on any atom is -0.392 e. The zero-order valence-corrected chi connectivity index (χ0v) is 6.20. The van der Waals surface area contributed by atoms with Gasteiger partial charge in [0.2, 0.25) is 0 Å².